The van der Waals surface area contributed by atoms with Crippen LogP contribution in [0.15, 0.2) is 24.3 Å². The third-order valence-corrected chi connectivity index (χ3v) is 2.60. The summed E-state index contributed by atoms with van der Waals surface area (Å²) in [6.07, 6.45) is -4.82. The van der Waals surface area contributed by atoms with Gasteiger partial charge >= 0.3 is 6.36 Å². The molecule has 1 aromatic heterocycles. The van der Waals surface area contributed by atoms with Crippen LogP contribution in [0.4, 0.5) is 17.6 Å². The van der Waals surface area contributed by atoms with Gasteiger partial charge in [-0.15, -0.1) is 13.2 Å². The van der Waals surface area contributed by atoms with Crippen molar-refractivity contribution in [1.29, 1.82) is 0 Å². The Hall–Kier alpha value is -1.60. The zero-order valence-corrected chi connectivity index (χ0v) is 10.9. The first-order chi connectivity index (χ1) is 9.26. The van der Waals surface area contributed by atoms with Crippen LogP contribution in [0.2, 0.25) is 10.3 Å². The van der Waals surface area contributed by atoms with Gasteiger partial charge in [-0.2, -0.15) is 0 Å². The summed E-state index contributed by atoms with van der Waals surface area (Å²) in [6.45, 7) is 0. The summed E-state index contributed by atoms with van der Waals surface area (Å²) in [5.41, 5.74) is 0.149. The molecule has 0 N–H and O–H groups in total. The quantitative estimate of drug-likeness (QED) is 0.602. The van der Waals surface area contributed by atoms with Crippen LogP contribution in [-0.2, 0) is 0 Å². The van der Waals surface area contributed by atoms with Crippen molar-refractivity contribution in [2.24, 2.45) is 0 Å². The topological polar surface area (TPSA) is 35.0 Å². The number of aromatic nitrogens is 2. The van der Waals surface area contributed by atoms with Crippen molar-refractivity contribution < 1.29 is 22.3 Å². The number of alkyl halides is 3. The second-order valence-corrected chi connectivity index (χ2v) is 4.23. The van der Waals surface area contributed by atoms with E-state index < -0.39 is 28.2 Å². The van der Waals surface area contributed by atoms with Gasteiger partial charge in [0.2, 0.25) is 0 Å². The molecule has 106 valence electrons. The van der Waals surface area contributed by atoms with E-state index in [9.17, 15) is 17.6 Å². The SMILES string of the molecule is Fc1c(Cl)nc(-c2cccc(OC(F)(F)F)c2)nc1Cl. The molecule has 9 heteroatoms. The summed E-state index contributed by atoms with van der Waals surface area (Å²) in [4.78, 5) is 7.20. The monoisotopic (exact) mass is 326 g/mol. The van der Waals surface area contributed by atoms with Crippen LogP contribution in [0.5, 0.6) is 5.75 Å². The van der Waals surface area contributed by atoms with E-state index in [1.165, 1.54) is 12.1 Å². The van der Waals surface area contributed by atoms with E-state index in [4.69, 9.17) is 23.2 Å². The van der Waals surface area contributed by atoms with E-state index in [2.05, 4.69) is 14.7 Å². The summed E-state index contributed by atoms with van der Waals surface area (Å²) < 4.78 is 53.3. The lowest BCUT2D eigenvalue weighted by Gasteiger charge is -2.09. The predicted octanol–water partition coefficient (Wildman–Crippen LogP) is 4.49. The number of nitrogens with zero attached hydrogens (tertiary/aromatic N) is 2. The molecule has 0 atom stereocenters. The first-order valence-corrected chi connectivity index (χ1v) is 5.76. The van der Waals surface area contributed by atoms with Crippen molar-refractivity contribution in [3.05, 3.63) is 40.4 Å². The van der Waals surface area contributed by atoms with Gasteiger partial charge < -0.3 is 4.74 Å². The molecule has 0 saturated carbocycles. The van der Waals surface area contributed by atoms with E-state index in [0.717, 1.165) is 12.1 Å². The average molecular weight is 327 g/mol. The molecule has 0 saturated heterocycles. The number of ether oxygens (including phenoxy) is 1. The minimum atomic E-state index is -4.82. The standard InChI is InChI=1S/C11H4Cl2F4N2O/c12-8-7(14)9(13)19-10(18-8)5-2-1-3-6(4-5)20-11(15,16)17/h1-4H. The van der Waals surface area contributed by atoms with Crippen molar-refractivity contribution >= 4 is 23.2 Å². The van der Waals surface area contributed by atoms with Crippen LogP contribution in [0, 0.1) is 5.82 Å². The molecule has 0 aliphatic heterocycles. The normalized spacial score (nSPS) is 11.5. The molecule has 3 nitrogen and oxygen atoms in total. The second kappa shape index (κ2) is 5.41. The molecule has 0 bridgehead atoms. The molecule has 2 aromatic rings. The third kappa shape index (κ3) is 3.49. The first-order valence-electron chi connectivity index (χ1n) is 5.01. The largest absolute Gasteiger partial charge is 0.573 e. The minimum Gasteiger partial charge on any atom is -0.406 e. The summed E-state index contributed by atoms with van der Waals surface area (Å²) in [5.74, 6) is -1.58. The van der Waals surface area contributed by atoms with Crippen LogP contribution in [0.3, 0.4) is 0 Å². The number of halogens is 6. The van der Waals surface area contributed by atoms with Crippen LogP contribution >= 0.6 is 23.2 Å². The van der Waals surface area contributed by atoms with Gasteiger partial charge in [0.25, 0.3) is 0 Å². The van der Waals surface area contributed by atoms with Crippen LogP contribution in [-0.4, -0.2) is 16.3 Å². The smallest absolute Gasteiger partial charge is 0.406 e. The van der Waals surface area contributed by atoms with Gasteiger partial charge in [0.15, 0.2) is 21.9 Å². The molecule has 0 unspecified atom stereocenters. The predicted molar refractivity (Wildman–Crippen MR) is 64.1 cm³/mol. The lowest BCUT2D eigenvalue weighted by atomic mass is 10.2. The molecule has 0 amide bonds. The maximum Gasteiger partial charge on any atom is 0.573 e. The minimum absolute atomic E-state index is 0.117. The van der Waals surface area contributed by atoms with Gasteiger partial charge in [-0.25, -0.2) is 14.4 Å². The van der Waals surface area contributed by atoms with Crippen molar-refractivity contribution in [3.8, 4) is 17.1 Å². The molecule has 1 heterocycles. The molecule has 20 heavy (non-hydrogen) atoms. The highest BCUT2D eigenvalue weighted by Gasteiger charge is 2.31. The van der Waals surface area contributed by atoms with Crippen LogP contribution in [0.1, 0.15) is 0 Å². The van der Waals surface area contributed by atoms with Crippen LogP contribution < -0.4 is 4.74 Å². The molecular formula is C11H4Cl2F4N2O. The summed E-state index contributed by atoms with van der Waals surface area (Å²) in [7, 11) is 0. The molecule has 0 aliphatic carbocycles. The van der Waals surface area contributed by atoms with Gasteiger partial charge in [-0.1, -0.05) is 35.3 Å². The zero-order valence-electron chi connectivity index (χ0n) is 9.38. The highest BCUT2D eigenvalue weighted by molar-refractivity contribution is 6.33. The van der Waals surface area contributed by atoms with Gasteiger partial charge in [0, 0.05) is 5.56 Å². The lowest BCUT2D eigenvalue weighted by molar-refractivity contribution is -0.274. The van der Waals surface area contributed by atoms with E-state index >= 15 is 0 Å². The zero-order chi connectivity index (χ0) is 14.9. The van der Waals surface area contributed by atoms with Crippen molar-refractivity contribution in [2.45, 2.75) is 6.36 Å². The molecular weight excluding hydrogens is 323 g/mol. The van der Waals surface area contributed by atoms with Gasteiger partial charge in [0.05, 0.1) is 0 Å². The summed E-state index contributed by atoms with van der Waals surface area (Å²) in [6, 6.07) is 4.84. The third-order valence-electron chi connectivity index (χ3n) is 2.10. The van der Waals surface area contributed by atoms with Crippen LogP contribution in [0.25, 0.3) is 11.4 Å². The Labute approximate surface area is 120 Å². The highest BCUT2D eigenvalue weighted by Crippen LogP contribution is 2.28. The Balaban J connectivity index is 2.41. The van der Waals surface area contributed by atoms with E-state index in [1.807, 2.05) is 0 Å². The Morgan fingerprint density at radius 2 is 1.65 bits per heavy atom. The fourth-order valence-corrected chi connectivity index (χ4v) is 1.74. The molecule has 0 fully saturated rings. The Morgan fingerprint density at radius 1 is 1.05 bits per heavy atom. The van der Waals surface area contributed by atoms with E-state index in [1.54, 1.807) is 0 Å². The number of rotatable bonds is 2. The fraction of sp³-hybridized carbons (Fsp3) is 0.0909. The Bertz CT molecular complexity index is 626. The number of hydrogen-bond acceptors (Lipinski definition) is 3. The summed E-state index contributed by atoms with van der Waals surface area (Å²) >= 11 is 11.0. The first kappa shape index (κ1) is 14.8. The molecule has 0 spiro atoms. The Morgan fingerprint density at radius 3 is 2.20 bits per heavy atom. The average Bonchev–Trinajstić information content (AvgIpc) is 2.33. The van der Waals surface area contributed by atoms with E-state index in [-0.39, 0.29) is 11.4 Å². The second-order valence-electron chi connectivity index (χ2n) is 3.52. The molecule has 2 rings (SSSR count). The van der Waals surface area contributed by atoms with Gasteiger partial charge in [-0.05, 0) is 12.1 Å². The van der Waals surface area contributed by atoms with Crippen molar-refractivity contribution in [3.63, 3.8) is 0 Å². The maximum atomic E-state index is 13.2. The van der Waals surface area contributed by atoms with Gasteiger partial charge in [0.1, 0.15) is 5.75 Å². The fourth-order valence-electron chi connectivity index (χ4n) is 1.36. The maximum absolute atomic E-state index is 13.2. The molecule has 1 aromatic carbocycles. The van der Waals surface area contributed by atoms with Crippen molar-refractivity contribution in [1.82, 2.24) is 9.97 Å². The Kier molecular flexibility index (Phi) is 4.01. The van der Waals surface area contributed by atoms with Gasteiger partial charge in [-0.3, -0.25) is 0 Å². The lowest BCUT2D eigenvalue weighted by Crippen LogP contribution is -2.17. The molecule has 0 radical (unpaired) electrons. The number of hydrogen-bond donors (Lipinski definition) is 0. The molecule has 0 aliphatic rings. The van der Waals surface area contributed by atoms with Crippen molar-refractivity contribution in [2.75, 3.05) is 0 Å². The highest BCUT2D eigenvalue weighted by atomic mass is 35.5. The van der Waals surface area contributed by atoms with E-state index in [0.29, 0.717) is 0 Å². The number of benzene rings is 1. The summed E-state index contributed by atoms with van der Waals surface area (Å²) in [5, 5.41) is -1.05.